The van der Waals surface area contributed by atoms with E-state index in [4.69, 9.17) is 0 Å². The molecule has 3 heteroatoms. The van der Waals surface area contributed by atoms with Gasteiger partial charge in [-0.3, -0.25) is 0 Å². The maximum atomic E-state index is 11.0. The maximum Gasteiger partial charge on any atom is 0.0954 e. The molecule has 1 aromatic heterocycles. The van der Waals surface area contributed by atoms with Crippen LogP contribution in [-0.2, 0) is 11.8 Å². The summed E-state index contributed by atoms with van der Waals surface area (Å²) in [6.07, 6.45) is 6.22. The highest BCUT2D eigenvalue weighted by molar-refractivity contribution is 7.09. The molecule has 1 unspecified atom stereocenters. The van der Waals surface area contributed by atoms with Gasteiger partial charge in [-0.25, -0.2) is 4.98 Å². The summed E-state index contributed by atoms with van der Waals surface area (Å²) in [6, 6.07) is 10.6. The van der Waals surface area contributed by atoms with E-state index in [0.29, 0.717) is 6.42 Å². The average Bonchev–Trinajstić information content (AvgIpc) is 2.94. The Hall–Kier alpha value is -1.19. The number of nitrogens with zero attached hydrogens (tertiary/aromatic N) is 1. The van der Waals surface area contributed by atoms with Crippen LogP contribution in [0.3, 0.4) is 0 Å². The van der Waals surface area contributed by atoms with Crippen molar-refractivity contribution in [3.05, 3.63) is 52.0 Å². The Morgan fingerprint density at radius 1 is 1.19 bits per heavy atom. The zero-order valence-corrected chi connectivity index (χ0v) is 13.4. The molecule has 1 fully saturated rings. The number of aromatic nitrogens is 1. The van der Waals surface area contributed by atoms with E-state index in [9.17, 15) is 5.11 Å². The Balaban J connectivity index is 1.88. The van der Waals surface area contributed by atoms with Crippen LogP contribution in [0.25, 0.3) is 0 Å². The van der Waals surface area contributed by atoms with Gasteiger partial charge >= 0.3 is 0 Å². The van der Waals surface area contributed by atoms with Gasteiger partial charge in [0.05, 0.1) is 11.1 Å². The minimum absolute atomic E-state index is 0.0842. The zero-order valence-electron chi connectivity index (χ0n) is 12.6. The molecule has 0 bridgehead atoms. The minimum Gasteiger partial charge on any atom is -0.392 e. The SMILES string of the molecule is Cc1csc(CC(O)C2(c3ccccc3)CCCCC2)n1. The van der Waals surface area contributed by atoms with Crippen molar-refractivity contribution < 1.29 is 5.11 Å². The van der Waals surface area contributed by atoms with Crippen molar-refractivity contribution in [3.8, 4) is 0 Å². The van der Waals surface area contributed by atoms with Gasteiger partial charge in [-0.1, -0.05) is 49.6 Å². The van der Waals surface area contributed by atoms with E-state index in [2.05, 4.69) is 40.7 Å². The van der Waals surface area contributed by atoms with E-state index in [1.165, 1.54) is 24.8 Å². The van der Waals surface area contributed by atoms with Gasteiger partial charge in [0.1, 0.15) is 0 Å². The van der Waals surface area contributed by atoms with Crippen LogP contribution >= 0.6 is 11.3 Å². The Morgan fingerprint density at radius 2 is 1.90 bits per heavy atom. The van der Waals surface area contributed by atoms with E-state index in [1.54, 1.807) is 11.3 Å². The molecule has 1 aliphatic rings. The molecule has 21 heavy (non-hydrogen) atoms. The maximum absolute atomic E-state index is 11.0. The molecule has 0 spiro atoms. The first-order chi connectivity index (χ1) is 10.2. The zero-order chi connectivity index (χ0) is 14.7. The van der Waals surface area contributed by atoms with Crippen molar-refractivity contribution in [2.75, 3.05) is 0 Å². The molecule has 1 atom stereocenters. The van der Waals surface area contributed by atoms with E-state index >= 15 is 0 Å². The van der Waals surface area contributed by atoms with Crippen molar-refractivity contribution >= 4 is 11.3 Å². The van der Waals surface area contributed by atoms with Gasteiger partial charge in [0.25, 0.3) is 0 Å². The number of aryl methyl sites for hydroxylation is 1. The number of thiazole rings is 1. The highest BCUT2D eigenvalue weighted by atomic mass is 32.1. The van der Waals surface area contributed by atoms with Crippen LogP contribution in [0.15, 0.2) is 35.7 Å². The second kappa shape index (κ2) is 6.29. The van der Waals surface area contributed by atoms with Crippen LogP contribution < -0.4 is 0 Å². The first-order valence-corrected chi connectivity index (χ1v) is 8.73. The molecular weight excluding hydrogens is 278 g/mol. The first-order valence-electron chi connectivity index (χ1n) is 7.85. The predicted molar refractivity (Wildman–Crippen MR) is 87.8 cm³/mol. The fraction of sp³-hybridized carbons (Fsp3) is 0.500. The number of rotatable bonds is 4. The highest BCUT2D eigenvalue weighted by Gasteiger charge is 2.40. The summed E-state index contributed by atoms with van der Waals surface area (Å²) in [5, 5.41) is 14.1. The van der Waals surface area contributed by atoms with Crippen LogP contribution in [0.2, 0.25) is 0 Å². The van der Waals surface area contributed by atoms with Crippen LogP contribution in [0, 0.1) is 6.92 Å². The van der Waals surface area contributed by atoms with Crippen LogP contribution in [0.1, 0.15) is 48.4 Å². The quantitative estimate of drug-likeness (QED) is 0.915. The third-order valence-electron chi connectivity index (χ3n) is 4.77. The lowest BCUT2D eigenvalue weighted by atomic mass is 9.65. The van der Waals surface area contributed by atoms with Gasteiger partial charge in [-0.15, -0.1) is 11.3 Å². The van der Waals surface area contributed by atoms with E-state index in [-0.39, 0.29) is 11.5 Å². The van der Waals surface area contributed by atoms with Gasteiger partial charge in [0, 0.05) is 22.9 Å². The third-order valence-corrected chi connectivity index (χ3v) is 5.76. The van der Waals surface area contributed by atoms with Crippen molar-refractivity contribution in [2.24, 2.45) is 0 Å². The molecule has 1 aromatic carbocycles. The summed E-state index contributed by atoms with van der Waals surface area (Å²) in [7, 11) is 0. The smallest absolute Gasteiger partial charge is 0.0954 e. The van der Waals surface area contributed by atoms with Crippen molar-refractivity contribution in [2.45, 2.75) is 57.0 Å². The molecule has 0 radical (unpaired) electrons. The topological polar surface area (TPSA) is 33.1 Å². The van der Waals surface area contributed by atoms with E-state index < -0.39 is 0 Å². The monoisotopic (exact) mass is 301 g/mol. The molecule has 112 valence electrons. The van der Waals surface area contributed by atoms with Gasteiger partial charge in [0.2, 0.25) is 0 Å². The standard InChI is InChI=1S/C18H23NOS/c1-14-13-21-17(19-14)12-16(20)18(10-6-3-7-11-18)15-8-4-2-5-9-15/h2,4-5,8-9,13,16,20H,3,6-7,10-12H2,1H3. The van der Waals surface area contributed by atoms with Gasteiger partial charge in [0.15, 0.2) is 0 Å². The molecule has 1 N–H and O–H groups in total. The van der Waals surface area contributed by atoms with Crippen molar-refractivity contribution in [1.29, 1.82) is 0 Å². The number of hydrogen-bond acceptors (Lipinski definition) is 3. The van der Waals surface area contributed by atoms with Gasteiger partial charge in [-0.05, 0) is 25.3 Å². The molecule has 1 saturated carbocycles. The third kappa shape index (κ3) is 3.04. The summed E-state index contributed by atoms with van der Waals surface area (Å²) >= 11 is 1.66. The first kappa shape index (κ1) is 14.7. The number of benzene rings is 1. The van der Waals surface area contributed by atoms with Crippen LogP contribution in [0.4, 0.5) is 0 Å². The van der Waals surface area contributed by atoms with Crippen LogP contribution in [-0.4, -0.2) is 16.2 Å². The fourth-order valence-electron chi connectivity index (χ4n) is 3.62. The Morgan fingerprint density at radius 3 is 2.52 bits per heavy atom. The van der Waals surface area contributed by atoms with Gasteiger partial charge < -0.3 is 5.11 Å². The molecule has 0 amide bonds. The van der Waals surface area contributed by atoms with Gasteiger partial charge in [-0.2, -0.15) is 0 Å². The summed E-state index contributed by atoms with van der Waals surface area (Å²) < 4.78 is 0. The molecule has 1 heterocycles. The second-order valence-corrected chi connectivity index (χ2v) is 7.13. The number of aliphatic hydroxyl groups is 1. The van der Waals surface area contributed by atoms with Crippen molar-refractivity contribution in [3.63, 3.8) is 0 Å². The Kier molecular flexibility index (Phi) is 4.41. The highest BCUT2D eigenvalue weighted by Crippen LogP contribution is 2.43. The van der Waals surface area contributed by atoms with Crippen LogP contribution in [0.5, 0.6) is 0 Å². The molecule has 0 saturated heterocycles. The van der Waals surface area contributed by atoms with E-state index in [0.717, 1.165) is 23.5 Å². The number of hydrogen-bond donors (Lipinski definition) is 1. The molecule has 3 rings (SSSR count). The largest absolute Gasteiger partial charge is 0.392 e. The number of aliphatic hydroxyl groups excluding tert-OH is 1. The summed E-state index contributed by atoms with van der Waals surface area (Å²) in [5.41, 5.74) is 2.27. The lowest BCUT2D eigenvalue weighted by Crippen LogP contribution is -2.42. The predicted octanol–water partition coefficient (Wildman–Crippen LogP) is 4.26. The summed E-state index contributed by atoms with van der Waals surface area (Å²) in [5.74, 6) is 0. The second-order valence-electron chi connectivity index (χ2n) is 6.19. The Labute approximate surface area is 130 Å². The average molecular weight is 301 g/mol. The van der Waals surface area contributed by atoms with Crippen molar-refractivity contribution in [1.82, 2.24) is 4.98 Å². The summed E-state index contributed by atoms with van der Waals surface area (Å²) in [6.45, 7) is 2.01. The lowest BCUT2D eigenvalue weighted by molar-refractivity contribution is 0.0539. The minimum atomic E-state index is -0.342. The Bertz CT molecular complexity index is 572. The molecular formula is C18H23NOS. The summed E-state index contributed by atoms with van der Waals surface area (Å²) in [4.78, 5) is 4.53. The molecule has 0 aliphatic heterocycles. The normalized spacial score (nSPS) is 19.3. The lowest BCUT2D eigenvalue weighted by Gasteiger charge is -2.41. The molecule has 1 aliphatic carbocycles. The molecule has 2 nitrogen and oxygen atoms in total. The fourth-order valence-corrected chi connectivity index (χ4v) is 4.43. The van der Waals surface area contributed by atoms with E-state index in [1.807, 2.05) is 6.92 Å². The molecule has 2 aromatic rings.